The van der Waals surface area contributed by atoms with Gasteiger partial charge in [0, 0.05) is 29.7 Å². The van der Waals surface area contributed by atoms with Crippen molar-refractivity contribution in [2.45, 2.75) is 13.3 Å². The molecule has 0 unspecified atom stereocenters. The fourth-order valence-electron chi connectivity index (χ4n) is 1.50. The number of thiazole rings is 1. The molecule has 0 aliphatic carbocycles. The average molecular weight is 260 g/mol. The van der Waals surface area contributed by atoms with Crippen molar-refractivity contribution >= 4 is 23.0 Å². The first-order valence-corrected chi connectivity index (χ1v) is 6.59. The number of hydrogen-bond donors (Lipinski definition) is 2. The number of aromatic nitrogens is 1. The van der Waals surface area contributed by atoms with Gasteiger partial charge in [0.1, 0.15) is 0 Å². The van der Waals surface area contributed by atoms with Gasteiger partial charge in [-0.15, -0.1) is 11.3 Å². The fourth-order valence-corrected chi connectivity index (χ4v) is 2.27. The molecule has 0 atom stereocenters. The molecule has 2 rings (SSSR count). The second kappa shape index (κ2) is 6.16. The molecule has 1 aromatic carbocycles. The summed E-state index contributed by atoms with van der Waals surface area (Å²) in [7, 11) is 0. The van der Waals surface area contributed by atoms with E-state index in [1.54, 1.807) is 11.3 Å². The van der Waals surface area contributed by atoms with E-state index < -0.39 is 0 Å². The lowest BCUT2D eigenvalue weighted by Gasteiger charge is -2.04. The monoisotopic (exact) mass is 260 g/mol. The highest BCUT2D eigenvalue weighted by Gasteiger charge is 1.98. The van der Waals surface area contributed by atoms with Gasteiger partial charge < -0.3 is 11.1 Å². The predicted molar refractivity (Wildman–Crippen MR) is 77.1 cm³/mol. The summed E-state index contributed by atoms with van der Waals surface area (Å²) in [5.74, 6) is 0.439. The first-order valence-electron chi connectivity index (χ1n) is 5.77. The summed E-state index contributed by atoms with van der Waals surface area (Å²) < 4.78 is 0. The lowest BCUT2D eigenvalue weighted by molar-refractivity contribution is 0.949. The minimum absolute atomic E-state index is 0.439. The van der Waals surface area contributed by atoms with Crippen LogP contribution in [0.2, 0.25) is 0 Å². The summed E-state index contributed by atoms with van der Waals surface area (Å²) in [6.07, 6.45) is 2.71. The van der Waals surface area contributed by atoms with E-state index in [0.717, 1.165) is 17.1 Å². The third-order valence-corrected chi connectivity index (χ3v) is 3.30. The molecule has 18 heavy (non-hydrogen) atoms. The molecule has 0 radical (unpaired) electrons. The molecule has 4 nitrogen and oxygen atoms in total. The normalized spacial score (nSPS) is 11.5. The number of guanidine groups is 1. The summed E-state index contributed by atoms with van der Waals surface area (Å²) in [5.41, 5.74) is 6.74. The number of benzene rings is 1. The van der Waals surface area contributed by atoms with Gasteiger partial charge in [0.2, 0.25) is 0 Å². The summed E-state index contributed by atoms with van der Waals surface area (Å²) in [6, 6.07) is 9.77. The van der Waals surface area contributed by atoms with Crippen molar-refractivity contribution in [3.8, 4) is 0 Å². The van der Waals surface area contributed by atoms with Gasteiger partial charge in [0.25, 0.3) is 0 Å². The first kappa shape index (κ1) is 12.6. The number of nitrogens with one attached hydrogen (secondary N) is 1. The predicted octanol–water partition coefficient (Wildman–Crippen LogP) is 2.42. The second-order valence-electron chi connectivity index (χ2n) is 3.87. The molecule has 0 amide bonds. The van der Waals surface area contributed by atoms with Crippen LogP contribution in [0.5, 0.6) is 0 Å². The largest absolute Gasteiger partial charge is 0.370 e. The average Bonchev–Trinajstić information content (AvgIpc) is 2.76. The number of nitrogens with zero attached hydrogens (tertiary/aromatic N) is 2. The van der Waals surface area contributed by atoms with Crippen molar-refractivity contribution in [1.29, 1.82) is 0 Å². The maximum Gasteiger partial charge on any atom is 0.193 e. The highest BCUT2D eigenvalue weighted by molar-refractivity contribution is 7.11. The Labute approximate surface area is 111 Å². The molecule has 0 saturated heterocycles. The summed E-state index contributed by atoms with van der Waals surface area (Å²) in [5, 5.41) is 4.14. The molecule has 1 heterocycles. The van der Waals surface area contributed by atoms with E-state index in [1.807, 2.05) is 36.5 Å². The smallest absolute Gasteiger partial charge is 0.193 e. The Hall–Kier alpha value is -1.88. The Morgan fingerprint density at radius 2 is 2.17 bits per heavy atom. The van der Waals surface area contributed by atoms with E-state index >= 15 is 0 Å². The van der Waals surface area contributed by atoms with Gasteiger partial charge in [-0.1, -0.05) is 18.2 Å². The Kier molecular flexibility index (Phi) is 4.30. The number of hydrogen-bond acceptors (Lipinski definition) is 3. The molecule has 0 bridgehead atoms. The zero-order chi connectivity index (χ0) is 12.8. The van der Waals surface area contributed by atoms with Crippen molar-refractivity contribution in [1.82, 2.24) is 4.98 Å². The van der Waals surface area contributed by atoms with Gasteiger partial charge in [0.15, 0.2) is 5.96 Å². The van der Waals surface area contributed by atoms with E-state index in [0.29, 0.717) is 12.5 Å². The van der Waals surface area contributed by atoms with Crippen LogP contribution in [-0.4, -0.2) is 17.5 Å². The van der Waals surface area contributed by atoms with Gasteiger partial charge in [-0.3, -0.25) is 4.99 Å². The van der Waals surface area contributed by atoms with Crippen LogP contribution in [0.25, 0.3) is 0 Å². The molecule has 0 spiro atoms. The van der Waals surface area contributed by atoms with Crippen LogP contribution in [0.3, 0.4) is 0 Å². The Morgan fingerprint density at radius 3 is 2.83 bits per heavy atom. The van der Waals surface area contributed by atoms with Crippen LogP contribution in [0.15, 0.2) is 41.5 Å². The minimum atomic E-state index is 0.439. The minimum Gasteiger partial charge on any atom is -0.370 e. The molecule has 3 N–H and O–H groups in total. The maximum atomic E-state index is 5.80. The Morgan fingerprint density at radius 1 is 1.39 bits per heavy atom. The topological polar surface area (TPSA) is 63.3 Å². The number of para-hydroxylation sites is 1. The highest BCUT2D eigenvalue weighted by Crippen LogP contribution is 2.11. The van der Waals surface area contributed by atoms with Crippen molar-refractivity contribution in [3.05, 3.63) is 46.4 Å². The van der Waals surface area contributed by atoms with Crippen LogP contribution in [0.1, 0.15) is 9.88 Å². The third-order valence-electron chi connectivity index (χ3n) is 2.32. The van der Waals surface area contributed by atoms with E-state index in [9.17, 15) is 0 Å². The molecular formula is C13H16N4S. The van der Waals surface area contributed by atoms with Crippen molar-refractivity contribution in [2.75, 3.05) is 11.9 Å². The van der Waals surface area contributed by atoms with Crippen LogP contribution in [0.4, 0.5) is 5.69 Å². The van der Waals surface area contributed by atoms with Gasteiger partial charge in [-0.2, -0.15) is 0 Å². The lowest BCUT2D eigenvalue weighted by Crippen LogP contribution is -2.22. The molecule has 1 aromatic heterocycles. The number of nitrogens with two attached hydrogens (primary N) is 1. The SMILES string of the molecule is Cc1cnc(CCN=C(N)Nc2ccccc2)s1. The van der Waals surface area contributed by atoms with E-state index in [1.165, 1.54) is 4.88 Å². The lowest BCUT2D eigenvalue weighted by atomic mass is 10.3. The summed E-state index contributed by atoms with van der Waals surface area (Å²) >= 11 is 1.70. The van der Waals surface area contributed by atoms with Crippen molar-refractivity contribution in [3.63, 3.8) is 0 Å². The Bertz CT molecular complexity index is 519. The molecule has 0 aliphatic heterocycles. The summed E-state index contributed by atoms with van der Waals surface area (Å²) in [6.45, 7) is 2.70. The van der Waals surface area contributed by atoms with Gasteiger partial charge in [-0.25, -0.2) is 4.98 Å². The second-order valence-corrected chi connectivity index (χ2v) is 5.19. The molecule has 94 valence electrons. The van der Waals surface area contributed by atoms with Crippen molar-refractivity contribution in [2.24, 2.45) is 10.7 Å². The van der Waals surface area contributed by atoms with Crippen LogP contribution in [-0.2, 0) is 6.42 Å². The molecular weight excluding hydrogens is 244 g/mol. The molecule has 0 aliphatic rings. The van der Waals surface area contributed by atoms with Gasteiger partial charge >= 0.3 is 0 Å². The van der Waals surface area contributed by atoms with Crippen molar-refractivity contribution < 1.29 is 0 Å². The highest BCUT2D eigenvalue weighted by atomic mass is 32.1. The van der Waals surface area contributed by atoms with E-state index in [4.69, 9.17) is 5.73 Å². The molecule has 0 fully saturated rings. The Balaban J connectivity index is 1.82. The van der Waals surface area contributed by atoms with Crippen LogP contribution >= 0.6 is 11.3 Å². The quantitative estimate of drug-likeness (QED) is 0.655. The van der Waals surface area contributed by atoms with E-state index in [-0.39, 0.29) is 0 Å². The molecule has 0 saturated carbocycles. The number of aliphatic imine (C=N–C) groups is 1. The zero-order valence-corrected chi connectivity index (χ0v) is 11.1. The third kappa shape index (κ3) is 3.85. The van der Waals surface area contributed by atoms with Crippen LogP contribution < -0.4 is 11.1 Å². The van der Waals surface area contributed by atoms with E-state index in [2.05, 4.69) is 22.2 Å². The van der Waals surface area contributed by atoms with Crippen LogP contribution in [0, 0.1) is 6.92 Å². The molecule has 5 heteroatoms. The van der Waals surface area contributed by atoms with Gasteiger partial charge in [-0.05, 0) is 19.1 Å². The zero-order valence-electron chi connectivity index (χ0n) is 10.3. The fraction of sp³-hybridized carbons (Fsp3) is 0.231. The van der Waals surface area contributed by atoms with Gasteiger partial charge in [0.05, 0.1) is 5.01 Å². The number of aryl methyl sites for hydroxylation is 1. The standard InChI is InChI=1S/C13H16N4S/c1-10-9-16-12(18-10)7-8-15-13(14)17-11-5-3-2-4-6-11/h2-6,9H,7-8H2,1H3,(H3,14,15,17). The maximum absolute atomic E-state index is 5.80. The molecule has 2 aromatic rings. The first-order chi connectivity index (χ1) is 8.74. The summed E-state index contributed by atoms with van der Waals surface area (Å²) in [4.78, 5) is 9.78. The number of rotatable bonds is 4. The number of anilines is 1.